The van der Waals surface area contributed by atoms with Gasteiger partial charge in [0.2, 0.25) is 5.89 Å². The molecule has 6 nitrogen and oxygen atoms in total. The fourth-order valence-electron chi connectivity index (χ4n) is 2.03. The van der Waals surface area contributed by atoms with Crippen molar-refractivity contribution in [1.29, 1.82) is 0 Å². The van der Waals surface area contributed by atoms with E-state index >= 15 is 0 Å². The molecule has 0 atom stereocenters. The van der Waals surface area contributed by atoms with E-state index in [1.807, 2.05) is 18.2 Å². The fourth-order valence-corrected chi connectivity index (χ4v) is 2.03. The predicted molar refractivity (Wildman–Crippen MR) is 78.7 cm³/mol. The number of nitrogens with zero attached hydrogens (tertiary/aromatic N) is 2. The van der Waals surface area contributed by atoms with Crippen molar-refractivity contribution < 1.29 is 19.1 Å². The summed E-state index contributed by atoms with van der Waals surface area (Å²) in [4.78, 5) is 10.8. The zero-order chi connectivity index (χ0) is 15.5. The molecular formula is C16H12N2O4. The molecule has 0 bridgehead atoms. The summed E-state index contributed by atoms with van der Waals surface area (Å²) >= 11 is 0. The van der Waals surface area contributed by atoms with Crippen molar-refractivity contribution in [3.8, 4) is 28.7 Å². The largest absolute Gasteiger partial charge is 0.496 e. The summed E-state index contributed by atoms with van der Waals surface area (Å²) in [6.07, 6.45) is 0. The molecule has 1 heterocycles. The van der Waals surface area contributed by atoms with Crippen LogP contribution in [0.5, 0.6) is 5.75 Å². The smallest absolute Gasteiger partial charge is 0.335 e. The summed E-state index contributed by atoms with van der Waals surface area (Å²) < 4.78 is 10.9. The third-order valence-electron chi connectivity index (χ3n) is 3.14. The van der Waals surface area contributed by atoms with Gasteiger partial charge in [0, 0.05) is 5.56 Å². The van der Waals surface area contributed by atoms with Crippen LogP contribution >= 0.6 is 0 Å². The first-order valence-corrected chi connectivity index (χ1v) is 6.49. The average molecular weight is 296 g/mol. The molecular weight excluding hydrogens is 284 g/mol. The monoisotopic (exact) mass is 296 g/mol. The van der Waals surface area contributed by atoms with Crippen molar-refractivity contribution in [2.75, 3.05) is 7.11 Å². The Labute approximate surface area is 126 Å². The van der Waals surface area contributed by atoms with Crippen LogP contribution in [0.1, 0.15) is 10.4 Å². The molecule has 1 aromatic heterocycles. The zero-order valence-electron chi connectivity index (χ0n) is 11.7. The van der Waals surface area contributed by atoms with E-state index in [0.717, 1.165) is 0 Å². The normalized spacial score (nSPS) is 10.4. The van der Waals surface area contributed by atoms with Crippen molar-refractivity contribution in [2.45, 2.75) is 0 Å². The lowest BCUT2D eigenvalue weighted by Crippen LogP contribution is -1.94. The van der Waals surface area contributed by atoms with Gasteiger partial charge in [0.25, 0.3) is 5.89 Å². The fraction of sp³-hybridized carbons (Fsp3) is 0.0625. The first-order valence-electron chi connectivity index (χ1n) is 6.49. The lowest BCUT2D eigenvalue weighted by Gasteiger charge is -2.03. The van der Waals surface area contributed by atoms with Gasteiger partial charge in [0.05, 0.1) is 18.2 Å². The number of carboxylic acid groups (broad SMARTS) is 1. The van der Waals surface area contributed by atoms with Crippen LogP contribution in [0.15, 0.2) is 52.9 Å². The highest BCUT2D eigenvalue weighted by atomic mass is 16.5. The number of rotatable bonds is 4. The maximum Gasteiger partial charge on any atom is 0.335 e. The first kappa shape index (κ1) is 13.8. The van der Waals surface area contributed by atoms with Crippen LogP contribution in [0.25, 0.3) is 22.9 Å². The Morgan fingerprint density at radius 3 is 2.41 bits per heavy atom. The molecule has 2 aromatic carbocycles. The molecule has 3 rings (SSSR count). The standard InChI is InChI=1S/C16H12N2O4/c1-21-13-5-3-2-4-12(13)15-18-17-14(22-15)10-6-8-11(9-7-10)16(19)20/h2-9H,1H3,(H,19,20). The van der Waals surface area contributed by atoms with Crippen LogP contribution in [0.4, 0.5) is 0 Å². The topological polar surface area (TPSA) is 85.5 Å². The van der Waals surface area contributed by atoms with Crippen molar-refractivity contribution in [1.82, 2.24) is 10.2 Å². The Bertz CT molecular complexity index is 809. The highest BCUT2D eigenvalue weighted by Crippen LogP contribution is 2.30. The quantitative estimate of drug-likeness (QED) is 0.796. The molecule has 0 radical (unpaired) electrons. The van der Waals surface area contributed by atoms with Gasteiger partial charge in [-0.3, -0.25) is 0 Å². The number of hydrogen-bond donors (Lipinski definition) is 1. The van der Waals surface area contributed by atoms with Gasteiger partial charge >= 0.3 is 5.97 Å². The van der Waals surface area contributed by atoms with Crippen LogP contribution in [-0.4, -0.2) is 28.4 Å². The maximum absolute atomic E-state index is 10.8. The lowest BCUT2D eigenvalue weighted by molar-refractivity contribution is 0.0697. The number of carbonyl (C=O) groups is 1. The summed E-state index contributed by atoms with van der Waals surface area (Å²) in [5.41, 5.74) is 1.55. The van der Waals surface area contributed by atoms with Gasteiger partial charge in [-0.05, 0) is 36.4 Å². The SMILES string of the molecule is COc1ccccc1-c1nnc(-c2ccc(C(=O)O)cc2)o1. The van der Waals surface area contributed by atoms with Gasteiger partial charge in [-0.25, -0.2) is 4.79 Å². The lowest BCUT2D eigenvalue weighted by atomic mass is 10.1. The predicted octanol–water partition coefficient (Wildman–Crippen LogP) is 3.11. The highest BCUT2D eigenvalue weighted by Gasteiger charge is 2.14. The van der Waals surface area contributed by atoms with Crippen molar-refractivity contribution in [2.24, 2.45) is 0 Å². The number of benzene rings is 2. The Kier molecular flexibility index (Phi) is 3.57. The molecule has 22 heavy (non-hydrogen) atoms. The van der Waals surface area contributed by atoms with Crippen LogP contribution < -0.4 is 4.74 Å². The van der Waals surface area contributed by atoms with Gasteiger partial charge < -0.3 is 14.3 Å². The molecule has 110 valence electrons. The van der Waals surface area contributed by atoms with E-state index in [1.54, 1.807) is 25.3 Å². The molecule has 0 aliphatic carbocycles. The Morgan fingerprint density at radius 1 is 1.05 bits per heavy atom. The second kappa shape index (κ2) is 5.69. The second-order valence-corrected chi connectivity index (χ2v) is 4.50. The molecule has 0 aliphatic heterocycles. The number of carboxylic acids is 1. The number of methoxy groups -OCH3 is 1. The highest BCUT2D eigenvalue weighted by molar-refractivity contribution is 5.88. The summed E-state index contributed by atoms with van der Waals surface area (Å²) in [6, 6.07) is 13.6. The van der Waals surface area contributed by atoms with Crippen LogP contribution in [0, 0.1) is 0 Å². The Morgan fingerprint density at radius 2 is 1.73 bits per heavy atom. The van der Waals surface area contributed by atoms with E-state index in [2.05, 4.69) is 10.2 Å². The minimum absolute atomic E-state index is 0.202. The molecule has 0 unspecified atom stereocenters. The van der Waals surface area contributed by atoms with E-state index < -0.39 is 5.97 Å². The molecule has 0 saturated carbocycles. The van der Waals surface area contributed by atoms with Crippen molar-refractivity contribution in [3.63, 3.8) is 0 Å². The van der Waals surface area contributed by atoms with Crippen LogP contribution in [0.2, 0.25) is 0 Å². The van der Waals surface area contributed by atoms with Crippen molar-refractivity contribution in [3.05, 3.63) is 54.1 Å². The number of aromatic carboxylic acids is 1. The number of hydrogen-bond acceptors (Lipinski definition) is 5. The van der Waals surface area contributed by atoms with E-state index in [-0.39, 0.29) is 5.56 Å². The summed E-state index contributed by atoms with van der Waals surface area (Å²) in [5, 5.41) is 16.9. The average Bonchev–Trinajstić information content (AvgIpc) is 3.04. The van der Waals surface area contributed by atoms with Crippen LogP contribution in [0.3, 0.4) is 0 Å². The van der Waals surface area contributed by atoms with E-state index in [0.29, 0.717) is 28.7 Å². The Balaban J connectivity index is 1.95. The van der Waals surface area contributed by atoms with Crippen LogP contribution in [-0.2, 0) is 0 Å². The number of ether oxygens (including phenoxy) is 1. The molecule has 0 spiro atoms. The van der Waals surface area contributed by atoms with Gasteiger partial charge in [0.1, 0.15) is 5.75 Å². The first-order chi connectivity index (χ1) is 10.7. The summed E-state index contributed by atoms with van der Waals surface area (Å²) in [5.74, 6) is 0.318. The second-order valence-electron chi connectivity index (χ2n) is 4.50. The number of aromatic nitrogens is 2. The molecule has 0 amide bonds. The van der Waals surface area contributed by atoms with Crippen molar-refractivity contribution >= 4 is 5.97 Å². The van der Waals surface area contributed by atoms with E-state index in [4.69, 9.17) is 14.3 Å². The molecule has 0 fully saturated rings. The van der Waals surface area contributed by atoms with Gasteiger partial charge in [-0.15, -0.1) is 10.2 Å². The third-order valence-corrected chi connectivity index (χ3v) is 3.14. The minimum atomic E-state index is -0.980. The van der Waals surface area contributed by atoms with E-state index in [9.17, 15) is 4.79 Å². The molecule has 0 aliphatic rings. The molecule has 3 aromatic rings. The third kappa shape index (κ3) is 2.54. The Hall–Kier alpha value is -3.15. The van der Waals surface area contributed by atoms with Gasteiger partial charge in [-0.2, -0.15) is 0 Å². The summed E-state index contributed by atoms with van der Waals surface area (Å²) in [6.45, 7) is 0. The van der Waals surface area contributed by atoms with Gasteiger partial charge in [0.15, 0.2) is 0 Å². The molecule has 0 saturated heterocycles. The van der Waals surface area contributed by atoms with E-state index in [1.165, 1.54) is 12.1 Å². The molecule has 6 heteroatoms. The maximum atomic E-state index is 10.8. The summed E-state index contributed by atoms with van der Waals surface area (Å²) in [7, 11) is 1.57. The van der Waals surface area contributed by atoms with Gasteiger partial charge in [-0.1, -0.05) is 12.1 Å². The number of para-hydroxylation sites is 1. The zero-order valence-corrected chi connectivity index (χ0v) is 11.7. The molecule has 1 N–H and O–H groups in total. The minimum Gasteiger partial charge on any atom is -0.496 e.